The lowest BCUT2D eigenvalue weighted by Crippen LogP contribution is -2.14. The Kier molecular flexibility index (Phi) is 5.71. The zero-order chi connectivity index (χ0) is 18.5. The Morgan fingerprint density at radius 3 is 2.04 bits per heavy atom. The molecule has 130 valence electrons. The molecular weight excluding hydrogens is 416 g/mol. The predicted octanol–water partition coefficient (Wildman–Crippen LogP) is 5.61. The van der Waals surface area contributed by atoms with Gasteiger partial charge in [-0.1, -0.05) is 35.9 Å². The van der Waals surface area contributed by atoms with E-state index < -0.39 is 0 Å². The van der Waals surface area contributed by atoms with Crippen molar-refractivity contribution in [3.8, 4) is 0 Å². The van der Waals surface area contributed by atoms with Crippen molar-refractivity contribution in [3.63, 3.8) is 0 Å². The molecule has 0 aliphatic rings. The molecule has 0 aromatic heterocycles. The highest BCUT2D eigenvalue weighted by molar-refractivity contribution is 9.10. The highest BCUT2D eigenvalue weighted by Crippen LogP contribution is 2.26. The van der Waals surface area contributed by atoms with Gasteiger partial charge in [-0.2, -0.15) is 0 Å². The van der Waals surface area contributed by atoms with Crippen molar-refractivity contribution in [1.29, 1.82) is 0 Å². The number of rotatable bonds is 4. The Balaban J connectivity index is 1.73. The molecular formula is C20H14BrClN2O2. The van der Waals surface area contributed by atoms with Gasteiger partial charge in [0.05, 0.1) is 5.02 Å². The van der Waals surface area contributed by atoms with Gasteiger partial charge in [-0.3, -0.25) is 9.59 Å². The van der Waals surface area contributed by atoms with Crippen LogP contribution in [0.25, 0.3) is 0 Å². The van der Waals surface area contributed by atoms with Crippen LogP contribution in [0.15, 0.2) is 77.3 Å². The van der Waals surface area contributed by atoms with Crippen LogP contribution in [-0.4, -0.2) is 11.8 Å². The van der Waals surface area contributed by atoms with Crippen LogP contribution in [0, 0.1) is 0 Å². The summed E-state index contributed by atoms with van der Waals surface area (Å²) in [6, 6.07) is 20.8. The monoisotopic (exact) mass is 428 g/mol. The van der Waals surface area contributed by atoms with E-state index in [1.807, 2.05) is 6.07 Å². The molecule has 3 aromatic rings. The fraction of sp³-hybridized carbons (Fsp3) is 0. The number of carbonyl (C=O) groups excluding carboxylic acids is 2. The number of hydrogen-bond acceptors (Lipinski definition) is 2. The third-order valence-electron chi connectivity index (χ3n) is 3.60. The van der Waals surface area contributed by atoms with Gasteiger partial charge in [0.2, 0.25) is 0 Å². The molecule has 2 N–H and O–H groups in total. The second kappa shape index (κ2) is 8.17. The van der Waals surface area contributed by atoms with E-state index in [-0.39, 0.29) is 11.8 Å². The maximum Gasteiger partial charge on any atom is 0.255 e. The Bertz CT molecular complexity index is 961. The molecule has 0 unspecified atom stereocenters. The van der Waals surface area contributed by atoms with Crippen LogP contribution in [0.1, 0.15) is 20.7 Å². The van der Waals surface area contributed by atoms with E-state index in [9.17, 15) is 9.59 Å². The summed E-state index contributed by atoms with van der Waals surface area (Å²) in [6.45, 7) is 0. The van der Waals surface area contributed by atoms with E-state index in [1.54, 1.807) is 66.7 Å². The molecule has 0 fully saturated rings. The first-order valence-corrected chi connectivity index (χ1v) is 8.93. The Morgan fingerprint density at radius 2 is 1.35 bits per heavy atom. The molecule has 0 heterocycles. The molecule has 0 radical (unpaired) electrons. The molecule has 0 saturated carbocycles. The van der Waals surface area contributed by atoms with Crippen molar-refractivity contribution in [2.45, 2.75) is 0 Å². The average Bonchev–Trinajstić information content (AvgIpc) is 2.65. The molecule has 6 heteroatoms. The fourth-order valence-electron chi connectivity index (χ4n) is 2.31. The minimum absolute atomic E-state index is 0.233. The van der Waals surface area contributed by atoms with Crippen molar-refractivity contribution in [2.75, 3.05) is 10.6 Å². The highest BCUT2D eigenvalue weighted by Gasteiger charge is 2.10. The third-order valence-corrected chi connectivity index (χ3v) is 4.83. The minimum Gasteiger partial charge on any atom is -0.322 e. The summed E-state index contributed by atoms with van der Waals surface area (Å²) < 4.78 is 0.753. The quantitative estimate of drug-likeness (QED) is 0.566. The Labute approximate surface area is 164 Å². The van der Waals surface area contributed by atoms with Crippen LogP contribution in [0.2, 0.25) is 5.02 Å². The van der Waals surface area contributed by atoms with Gasteiger partial charge >= 0.3 is 0 Å². The molecule has 3 aromatic carbocycles. The van der Waals surface area contributed by atoms with Gasteiger partial charge in [-0.15, -0.1) is 0 Å². The van der Waals surface area contributed by atoms with Crippen LogP contribution in [-0.2, 0) is 0 Å². The van der Waals surface area contributed by atoms with Crippen molar-refractivity contribution < 1.29 is 9.59 Å². The maximum atomic E-state index is 12.4. The molecule has 0 aliphatic heterocycles. The molecule has 0 bridgehead atoms. The van der Waals surface area contributed by atoms with Gasteiger partial charge in [0, 0.05) is 27.0 Å². The van der Waals surface area contributed by atoms with Gasteiger partial charge in [0.15, 0.2) is 0 Å². The smallest absolute Gasteiger partial charge is 0.255 e. The first kappa shape index (κ1) is 18.2. The Hall–Kier alpha value is -2.63. The topological polar surface area (TPSA) is 58.2 Å². The second-order valence-electron chi connectivity index (χ2n) is 5.48. The summed E-state index contributed by atoms with van der Waals surface area (Å²) in [6.07, 6.45) is 0. The van der Waals surface area contributed by atoms with E-state index in [0.29, 0.717) is 27.5 Å². The zero-order valence-electron chi connectivity index (χ0n) is 13.5. The van der Waals surface area contributed by atoms with Crippen molar-refractivity contribution in [3.05, 3.63) is 93.4 Å². The number of anilines is 2. The van der Waals surface area contributed by atoms with E-state index >= 15 is 0 Å². The van der Waals surface area contributed by atoms with Gasteiger partial charge in [-0.25, -0.2) is 0 Å². The third kappa shape index (κ3) is 4.50. The van der Waals surface area contributed by atoms with E-state index in [1.165, 1.54) is 0 Å². The van der Waals surface area contributed by atoms with Crippen LogP contribution < -0.4 is 10.6 Å². The summed E-state index contributed by atoms with van der Waals surface area (Å²) in [7, 11) is 0. The van der Waals surface area contributed by atoms with Crippen LogP contribution in [0.4, 0.5) is 11.4 Å². The summed E-state index contributed by atoms with van der Waals surface area (Å²) in [5.74, 6) is -0.526. The summed E-state index contributed by atoms with van der Waals surface area (Å²) in [5, 5.41) is 6.08. The minimum atomic E-state index is -0.292. The largest absolute Gasteiger partial charge is 0.322 e. The fourth-order valence-corrected chi connectivity index (χ4v) is 2.74. The molecule has 2 amide bonds. The van der Waals surface area contributed by atoms with E-state index in [0.717, 1.165) is 4.47 Å². The summed E-state index contributed by atoms with van der Waals surface area (Å²) >= 11 is 9.35. The highest BCUT2D eigenvalue weighted by atomic mass is 79.9. The van der Waals surface area contributed by atoms with Gasteiger partial charge in [0.1, 0.15) is 0 Å². The van der Waals surface area contributed by atoms with Crippen molar-refractivity contribution in [2.24, 2.45) is 0 Å². The van der Waals surface area contributed by atoms with Crippen LogP contribution in [0.5, 0.6) is 0 Å². The molecule has 0 saturated heterocycles. The first-order valence-electron chi connectivity index (χ1n) is 7.76. The predicted molar refractivity (Wildman–Crippen MR) is 108 cm³/mol. The lowest BCUT2D eigenvalue weighted by atomic mass is 10.1. The normalized spacial score (nSPS) is 10.2. The molecule has 0 aliphatic carbocycles. The zero-order valence-corrected chi connectivity index (χ0v) is 15.8. The maximum absolute atomic E-state index is 12.4. The summed E-state index contributed by atoms with van der Waals surface area (Å²) in [5.41, 5.74) is 2.10. The number of nitrogens with one attached hydrogen (secondary N) is 2. The number of benzene rings is 3. The number of hydrogen-bond donors (Lipinski definition) is 2. The molecule has 26 heavy (non-hydrogen) atoms. The molecule has 4 nitrogen and oxygen atoms in total. The number of halogens is 2. The lowest BCUT2D eigenvalue weighted by molar-refractivity contribution is 0.101. The second-order valence-corrected chi connectivity index (χ2v) is 6.75. The van der Waals surface area contributed by atoms with E-state index in [4.69, 9.17) is 11.6 Å². The van der Waals surface area contributed by atoms with Gasteiger partial charge in [-0.05, 0) is 64.5 Å². The Morgan fingerprint density at radius 1 is 0.731 bits per heavy atom. The molecule has 0 atom stereocenters. The van der Waals surface area contributed by atoms with E-state index in [2.05, 4.69) is 26.6 Å². The average molecular weight is 430 g/mol. The standard InChI is InChI=1S/C20H14BrClN2O2/c21-17-10-9-16(12-18(17)22)24-20(26)14-7-4-8-15(11-14)23-19(25)13-5-2-1-3-6-13/h1-12H,(H,23,25)(H,24,26). The van der Waals surface area contributed by atoms with Crippen molar-refractivity contribution in [1.82, 2.24) is 0 Å². The lowest BCUT2D eigenvalue weighted by Gasteiger charge is -2.09. The number of amides is 2. The van der Waals surface area contributed by atoms with Crippen LogP contribution in [0.3, 0.4) is 0 Å². The number of carbonyl (C=O) groups is 2. The van der Waals surface area contributed by atoms with Gasteiger partial charge in [0.25, 0.3) is 11.8 Å². The molecule has 3 rings (SSSR count). The van der Waals surface area contributed by atoms with Gasteiger partial charge < -0.3 is 10.6 Å². The van der Waals surface area contributed by atoms with Crippen LogP contribution >= 0.6 is 27.5 Å². The van der Waals surface area contributed by atoms with Crippen molar-refractivity contribution >= 4 is 50.7 Å². The SMILES string of the molecule is O=C(Nc1cccc(C(=O)Nc2ccc(Br)c(Cl)c2)c1)c1ccccc1. The molecule has 0 spiro atoms. The first-order chi connectivity index (χ1) is 12.5. The summed E-state index contributed by atoms with van der Waals surface area (Å²) in [4.78, 5) is 24.7.